The Morgan fingerprint density at radius 1 is 1.06 bits per heavy atom. The molecule has 1 unspecified atom stereocenters. The first-order valence-corrected chi connectivity index (χ1v) is 10.6. The summed E-state index contributed by atoms with van der Waals surface area (Å²) in [6.45, 7) is 3.64. The second kappa shape index (κ2) is 10.4. The SMILES string of the molecule is C=CCOc1ccc(C2C(C#N)=C(N)Oc3cc(OC(=O)COc4ccc(F)cc4)ccc32)cc1. The highest BCUT2D eigenvalue weighted by molar-refractivity contribution is 5.74. The number of nitrogens with two attached hydrogens (primary N) is 1. The number of hydrogen-bond donors (Lipinski definition) is 1. The van der Waals surface area contributed by atoms with Gasteiger partial charge in [-0.1, -0.05) is 30.9 Å². The summed E-state index contributed by atoms with van der Waals surface area (Å²) in [6.07, 6.45) is 1.65. The van der Waals surface area contributed by atoms with E-state index in [1.54, 1.807) is 30.3 Å². The third kappa shape index (κ3) is 5.42. The van der Waals surface area contributed by atoms with Gasteiger partial charge in [0.15, 0.2) is 6.61 Å². The topological polar surface area (TPSA) is 104 Å². The molecule has 0 fully saturated rings. The number of allylic oxidation sites excluding steroid dienone is 1. The molecule has 1 heterocycles. The molecule has 1 aliphatic rings. The highest BCUT2D eigenvalue weighted by Crippen LogP contribution is 2.43. The Morgan fingerprint density at radius 3 is 2.40 bits per heavy atom. The minimum Gasteiger partial charge on any atom is -0.490 e. The summed E-state index contributed by atoms with van der Waals surface area (Å²) in [6, 6.07) is 19.6. The number of halogens is 1. The fraction of sp³-hybridized carbons (Fsp3) is 0.111. The lowest BCUT2D eigenvalue weighted by Crippen LogP contribution is -2.21. The summed E-state index contributed by atoms with van der Waals surface area (Å²) in [5.41, 5.74) is 7.83. The number of carbonyl (C=O) groups excluding carboxylic acids is 1. The fourth-order valence-corrected chi connectivity index (χ4v) is 3.59. The van der Waals surface area contributed by atoms with Crippen LogP contribution in [0.4, 0.5) is 4.39 Å². The molecule has 2 N–H and O–H groups in total. The number of nitrogens with zero attached hydrogens (tertiary/aromatic N) is 1. The number of ether oxygens (including phenoxy) is 4. The molecule has 4 rings (SSSR count). The second-order valence-corrected chi connectivity index (χ2v) is 7.51. The van der Waals surface area contributed by atoms with Crippen LogP contribution in [-0.2, 0) is 4.79 Å². The van der Waals surface area contributed by atoms with E-state index in [1.807, 2.05) is 12.1 Å². The smallest absolute Gasteiger partial charge is 0.349 e. The Kier molecular flexibility index (Phi) is 6.98. The Balaban J connectivity index is 1.52. The Bertz CT molecular complexity index is 1310. The van der Waals surface area contributed by atoms with Gasteiger partial charge < -0.3 is 24.7 Å². The van der Waals surface area contributed by atoms with Crippen LogP contribution in [0.25, 0.3) is 0 Å². The van der Waals surface area contributed by atoms with Gasteiger partial charge in [0.2, 0.25) is 5.88 Å². The van der Waals surface area contributed by atoms with Gasteiger partial charge in [-0.15, -0.1) is 0 Å². The van der Waals surface area contributed by atoms with E-state index in [1.165, 1.54) is 30.3 Å². The van der Waals surface area contributed by atoms with E-state index in [9.17, 15) is 14.4 Å². The number of benzene rings is 3. The van der Waals surface area contributed by atoms with Crippen LogP contribution in [0.5, 0.6) is 23.0 Å². The van der Waals surface area contributed by atoms with Crippen LogP contribution in [0, 0.1) is 17.1 Å². The van der Waals surface area contributed by atoms with E-state index in [4.69, 9.17) is 24.7 Å². The van der Waals surface area contributed by atoms with Crippen LogP contribution in [0.2, 0.25) is 0 Å². The zero-order valence-electron chi connectivity index (χ0n) is 18.6. The van der Waals surface area contributed by atoms with E-state index >= 15 is 0 Å². The second-order valence-electron chi connectivity index (χ2n) is 7.51. The van der Waals surface area contributed by atoms with Crippen molar-refractivity contribution in [2.24, 2.45) is 5.73 Å². The summed E-state index contributed by atoms with van der Waals surface area (Å²) >= 11 is 0. The molecule has 176 valence electrons. The third-order valence-corrected chi connectivity index (χ3v) is 5.17. The van der Waals surface area contributed by atoms with Gasteiger partial charge >= 0.3 is 5.97 Å². The van der Waals surface area contributed by atoms with E-state index < -0.39 is 17.7 Å². The van der Waals surface area contributed by atoms with Crippen molar-refractivity contribution in [1.82, 2.24) is 0 Å². The van der Waals surface area contributed by atoms with Crippen LogP contribution in [0.15, 0.2) is 90.8 Å². The largest absolute Gasteiger partial charge is 0.490 e. The van der Waals surface area contributed by atoms with E-state index in [0.717, 1.165) is 5.56 Å². The van der Waals surface area contributed by atoms with Crippen molar-refractivity contribution in [3.63, 3.8) is 0 Å². The van der Waals surface area contributed by atoms with Crippen molar-refractivity contribution in [2.45, 2.75) is 5.92 Å². The average molecular weight is 472 g/mol. The van der Waals surface area contributed by atoms with Crippen molar-refractivity contribution in [1.29, 1.82) is 5.26 Å². The van der Waals surface area contributed by atoms with Gasteiger partial charge in [-0.05, 0) is 48.0 Å². The molecule has 8 heteroatoms. The van der Waals surface area contributed by atoms with Crippen LogP contribution in [0.3, 0.4) is 0 Å². The summed E-state index contributed by atoms with van der Waals surface area (Å²) in [5, 5.41) is 9.72. The molecule has 0 bridgehead atoms. The van der Waals surface area contributed by atoms with Gasteiger partial charge in [0.05, 0.1) is 5.92 Å². The Labute approximate surface area is 201 Å². The highest BCUT2D eigenvalue weighted by Gasteiger charge is 2.31. The maximum absolute atomic E-state index is 13.0. The van der Waals surface area contributed by atoms with Crippen LogP contribution < -0.4 is 24.7 Å². The average Bonchev–Trinajstić information content (AvgIpc) is 2.86. The summed E-state index contributed by atoms with van der Waals surface area (Å²) in [4.78, 5) is 12.2. The molecule has 7 nitrogen and oxygen atoms in total. The molecule has 0 spiro atoms. The number of nitriles is 1. The minimum atomic E-state index is -0.655. The number of hydrogen-bond acceptors (Lipinski definition) is 7. The fourth-order valence-electron chi connectivity index (χ4n) is 3.59. The predicted octanol–water partition coefficient (Wildman–Crippen LogP) is 4.59. The molecule has 35 heavy (non-hydrogen) atoms. The first-order chi connectivity index (χ1) is 17.0. The van der Waals surface area contributed by atoms with Gasteiger partial charge in [0, 0.05) is 11.6 Å². The van der Waals surface area contributed by atoms with Crippen molar-refractivity contribution in [3.8, 4) is 29.1 Å². The van der Waals surface area contributed by atoms with Gasteiger partial charge in [-0.2, -0.15) is 5.26 Å². The zero-order chi connectivity index (χ0) is 24.8. The molecule has 1 atom stereocenters. The molecule has 0 radical (unpaired) electrons. The molecule has 3 aromatic carbocycles. The van der Waals surface area contributed by atoms with Gasteiger partial charge in [-0.3, -0.25) is 0 Å². The summed E-state index contributed by atoms with van der Waals surface area (Å²) in [7, 11) is 0. The quantitative estimate of drug-likeness (QED) is 0.290. The summed E-state index contributed by atoms with van der Waals surface area (Å²) in [5.74, 6) is 0.0307. The highest BCUT2D eigenvalue weighted by atomic mass is 19.1. The number of esters is 1. The maximum Gasteiger partial charge on any atom is 0.349 e. The molecular formula is C27H21FN2O5. The standard InChI is InChI=1S/C27H21FN2O5/c1-2-13-32-19-7-3-17(4-8-19)26-22-12-11-21(14-24(22)35-27(30)23(26)15-29)34-25(31)16-33-20-9-5-18(28)6-10-20/h2-12,14,26H,1,13,16,30H2. The molecule has 0 amide bonds. The summed E-state index contributed by atoms with van der Waals surface area (Å²) < 4.78 is 34.8. The Morgan fingerprint density at radius 2 is 1.71 bits per heavy atom. The normalized spacial score (nSPS) is 14.2. The van der Waals surface area contributed by atoms with E-state index in [2.05, 4.69) is 12.6 Å². The molecular weight excluding hydrogens is 451 g/mol. The monoisotopic (exact) mass is 472 g/mol. The number of rotatable bonds is 8. The van der Waals surface area contributed by atoms with Crippen molar-refractivity contribution in [2.75, 3.05) is 13.2 Å². The molecule has 0 aliphatic carbocycles. The van der Waals surface area contributed by atoms with Crippen LogP contribution in [-0.4, -0.2) is 19.2 Å². The van der Waals surface area contributed by atoms with Crippen molar-refractivity contribution in [3.05, 3.63) is 108 Å². The maximum atomic E-state index is 13.0. The van der Waals surface area contributed by atoms with Gasteiger partial charge in [-0.25, -0.2) is 9.18 Å². The first-order valence-electron chi connectivity index (χ1n) is 10.6. The molecule has 0 saturated heterocycles. The van der Waals surface area contributed by atoms with Crippen molar-refractivity contribution >= 4 is 5.97 Å². The zero-order valence-corrected chi connectivity index (χ0v) is 18.6. The molecule has 3 aromatic rings. The lowest BCUT2D eigenvalue weighted by molar-refractivity contribution is -0.136. The van der Waals surface area contributed by atoms with E-state index in [0.29, 0.717) is 29.4 Å². The van der Waals surface area contributed by atoms with Crippen LogP contribution in [0.1, 0.15) is 17.0 Å². The minimum absolute atomic E-state index is 0.0277. The first kappa shape index (κ1) is 23.4. The molecule has 0 saturated carbocycles. The predicted molar refractivity (Wildman–Crippen MR) is 125 cm³/mol. The van der Waals surface area contributed by atoms with Gasteiger partial charge in [0.25, 0.3) is 0 Å². The van der Waals surface area contributed by atoms with E-state index in [-0.39, 0.29) is 23.8 Å². The molecule has 1 aliphatic heterocycles. The lowest BCUT2D eigenvalue weighted by Gasteiger charge is -2.26. The third-order valence-electron chi connectivity index (χ3n) is 5.17. The Hall–Kier alpha value is -4.77. The van der Waals surface area contributed by atoms with Gasteiger partial charge in [0.1, 0.15) is 47.1 Å². The molecule has 0 aromatic heterocycles. The van der Waals surface area contributed by atoms with Crippen LogP contribution >= 0.6 is 0 Å². The number of fused-ring (bicyclic) bond motifs is 1. The lowest BCUT2D eigenvalue weighted by atomic mass is 9.83. The van der Waals surface area contributed by atoms with Crippen molar-refractivity contribution < 1.29 is 28.1 Å². The number of carbonyl (C=O) groups is 1.